The largest absolute Gasteiger partial charge is 0.312 e. The molecule has 1 unspecified atom stereocenters. The molecular formula is C15H20FNO3S. The highest BCUT2D eigenvalue weighted by molar-refractivity contribution is 7.86. The molecule has 1 heterocycles. The quantitative estimate of drug-likeness (QED) is 0.806. The first-order chi connectivity index (χ1) is 9.56. The molecular weight excluding hydrogens is 293 g/mol. The van der Waals surface area contributed by atoms with Crippen LogP contribution in [-0.4, -0.2) is 26.6 Å². The van der Waals surface area contributed by atoms with Crippen molar-refractivity contribution in [2.75, 3.05) is 17.2 Å². The van der Waals surface area contributed by atoms with Gasteiger partial charge in [0.05, 0.1) is 5.75 Å². The lowest BCUT2D eigenvalue weighted by Gasteiger charge is -2.21. The maximum absolute atomic E-state index is 12.7. The Hall–Kier alpha value is -1.43. The molecule has 0 aromatic heterocycles. The van der Waals surface area contributed by atoms with Gasteiger partial charge in [-0.15, -0.1) is 3.89 Å². The van der Waals surface area contributed by atoms with Gasteiger partial charge in [0.1, 0.15) is 0 Å². The molecule has 2 rings (SSSR count). The van der Waals surface area contributed by atoms with Gasteiger partial charge in [-0.2, -0.15) is 8.42 Å². The van der Waals surface area contributed by atoms with E-state index in [1.807, 2.05) is 24.3 Å². The number of carbonyl (C=O) groups excluding carboxylic acids is 1. The summed E-state index contributed by atoms with van der Waals surface area (Å²) in [6.45, 7) is 6.55. The molecule has 4 nitrogen and oxygen atoms in total. The van der Waals surface area contributed by atoms with Crippen LogP contribution in [0, 0.1) is 5.92 Å². The zero-order chi connectivity index (χ0) is 15.8. The van der Waals surface area contributed by atoms with E-state index in [1.165, 1.54) is 4.90 Å². The average molecular weight is 313 g/mol. The van der Waals surface area contributed by atoms with Crippen molar-refractivity contribution < 1.29 is 17.1 Å². The van der Waals surface area contributed by atoms with Crippen molar-refractivity contribution >= 4 is 21.8 Å². The molecule has 1 aliphatic rings. The van der Waals surface area contributed by atoms with Crippen LogP contribution in [0.25, 0.3) is 0 Å². The number of hydrogen-bond acceptors (Lipinski definition) is 3. The van der Waals surface area contributed by atoms with Gasteiger partial charge in [-0.05, 0) is 23.1 Å². The number of anilines is 1. The Morgan fingerprint density at radius 2 is 1.81 bits per heavy atom. The number of nitrogens with zero attached hydrogens (tertiary/aromatic N) is 1. The Bertz CT molecular complexity index is 632. The van der Waals surface area contributed by atoms with Crippen molar-refractivity contribution in [3.05, 3.63) is 29.8 Å². The van der Waals surface area contributed by atoms with Crippen LogP contribution in [0.1, 0.15) is 32.8 Å². The second-order valence-electron chi connectivity index (χ2n) is 6.58. The van der Waals surface area contributed by atoms with E-state index in [-0.39, 0.29) is 24.3 Å². The van der Waals surface area contributed by atoms with E-state index in [4.69, 9.17) is 0 Å². The van der Waals surface area contributed by atoms with Gasteiger partial charge in [0.15, 0.2) is 0 Å². The van der Waals surface area contributed by atoms with Gasteiger partial charge >= 0.3 is 10.2 Å². The number of amides is 1. The van der Waals surface area contributed by atoms with Gasteiger partial charge in [-0.1, -0.05) is 32.9 Å². The summed E-state index contributed by atoms with van der Waals surface area (Å²) in [5.41, 5.74) is 1.91. The first kappa shape index (κ1) is 15.9. The Morgan fingerprint density at radius 3 is 2.29 bits per heavy atom. The molecule has 0 N–H and O–H groups in total. The molecule has 1 atom stereocenters. The molecule has 21 heavy (non-hydrogen) atoms. The molecule has 0 spiro atoms. The number of hydrogen-bond donors (Lipinski definition) is 0. The van der Waals surface area contributed by atoms with Gasteiger partial charge in [0.25, 0.3) is 0 Å². The molecule has 0 saturated carbocycles. The van der Waals surface area contributed by atoms with Crippen LogP contribution in [0.3, 0.4) is 0 Å². The third-order valence-electron chi connectivity index (χ3n) is 3.68. The first-order valence-electron chi connectivity index (χ1n) is 6.89. The second-order valence-corrected chi connectivity index (χ2v) is 7.99. The van der Waals surface area contributed by atoms with E-state index in [0.717, 1.165) is 11.3 Å². The predicted molar refractivity (Wildman–Crippen MR) is 80.5 cm³/mol. The summed E-state index contributed by atoms with van der Waals surface area (Å²) in [6.07, 6.45) is 0.0736. The molecule has 1 aliphatic heterocycles. The lowest BCUT2D eigenvalue weighted by atomic mass is 9.87. The van der Waals surface area contributed by atoms with Crippen LogP contribution in [0.15, 0.2) is 24.3 Å². The lowest BCUT2D eigenvalue weighted by molar-refractivity contribution is -0.117. The molecule has 1 amide bonds. The molecule has 0 bridgehead atoms. The van der Waals surface area contributed by atoms with Gasteiger partial charge in [0.2, 0.25) is 5.91 Å². The summed E-state index contributed by atoms with van der Waals surface area (Å²) in [4.78, 5) is 13.5. The number of rotatable bonds is 3. The predicted octanol–water partition coefficient (Wildman–Crippen LogP) is 2.64. The average Bonchev–Trinajstić information content (AvgIpc) is 2.66. The molecule has 1 aromatic carbocycles. The van der Waals surface area contributed by atoms with E-state index in [0.29, 0.717) is 0 Å². The van der Waals surface area contributed by atoms with E-state index in [2.05, 4.69) is 20.8 Å². The van der Waals surface area contributed by atoms with Crippen LogP contribution in [0.5, 0.6) is 0 Å². The lowest BCUT2D eigenvalue weighted by Crippen LogP contribution is -2.25. The maximum Gasteiger partial charge on any atom is 0.302 e. The van der Waals surface area contributed by atoms with Gasteiger partial charge in [0, 0.05) is 24.6 Å². The van der Waals surface area contributed by atoms with Crippen molar-refractivity contribution in [1.82, 2.24) is 0 Å². The number of carbonyl (C=O) groups is 1. The SMILES string of the molecule is CC(C)(C)c1ccc(N2CC(CS(=O)(=O)F)CC2=O)cc1. The topological polar surface area (TPSA) is 54.5 Å². The highest BCUT2D eigenvalue weighted by Gasteiger charge is 2.33. The Labute approximate surface area is 125 Å². The van der Waals surface area contributed by atoms with E-state index in [1.54, 1.807) is 0 Å². The van der Waals surface area contributed by atoms with Crippen LogP contribution >= 0.6 is 0 Å². The van der Waals surface area contributed by atoms with Crippen LogP contribution in [0.4, 0.5) is 9.57 Å². The van der Waals surface area contributed by atoms with Crippen LogP contribution in [-0.2, 0) is 20.4 Å². The molecule has 0 radical (unpaired) electrons. The van der Waals surface area contributed by atoms with E-state index >= 15 is 0 Å². The molecule has 0 aliphatic carbocycles. The number of halogens is 1. The minimum atomic E-state index is -4.54. The van der Waals surface area contributed by atoms with Crippen molar-refractivity contribution in [1.29, 1.82) is 0 Å². The molecule has 6 heteroatoms. The smallest absolute Gasteiger partial charge is 0.302 e. The third-order valence-corrected chi connectivity index (χ3v) is 4.55. The zero-order valence-electron chi connectivity index (χ0n) is 12.5. The summed E-state index contributed by atoms with van der Waals surface area (Å²) in [7, 11) is -4.54. The maximum atomic E-state index is 12.7. The minimum Gasteiger partial charge on any atom is -0.312 e. The van der Waals surface area contributed by atoms with Crippen LogP contribution in [0.2, 0.25) is 0 Å². The Kier molecular flexibility index (Phi) is 4.10. The highest BCUT2D eigenvalue weighted by Crippen LogP contribution is 2.29. The van der Waals surface area contributed by atoms with Crippen molar-refractivity contribution in [2.24, 2.45) is 5.92 Å². The van der Waals surface area contributed by atoms with Crippen molar-refractivity contribution in [3.8, 4) is 0 Å². The monoisotopic (exact) mass is 313 g/mol. The zero-order valence-corrected chi connectivity index (χ0v) is 13.3. The fourth-order valence-corrected chi connectivity index (χ4v) is 3.35. The van der Waals surface area contributed by atoms with E-state index < -0.39 is 21.9 Å². The fraction of sp³-hybridized carbons (Fsp3) is 0.533. The Morgan fingerprint density at radius 1 is 1.24 bits per heavy atom. The first-order valence-corrected chi connectivity index (χ1v) is 8.45. The molecule has 1 aromatic rings. The van der Waals surface area contributed by atoms with Gasteiger partial charge in [-0.25, -0.2) is 0 Å². The molecule has 1 saturated heterocycles. The second kappa shape index (κ2) is 5.40. The normalized spacial score (nSPS) is 20.1. The highest BCUT2D eigenvalue weighted by atomic mass is 32.3. The number of benzene rings is 1. The summed E-state index contributed by atoms with van der Waals surface area (Å²) in [5.74, 6) is -1.23. The standard InChI is InChI=1S/C15H20FNO3S/c1-15(2,3)12-4-6-13(7-5-12)17-9-11(8-14(17)18)10-21(16,19)20/h4-7,11H,8-10H2,1-3H3. The fourth-order valence-electron chi connectivity index (χ4n) is 2.57. The Balaban J connectivity index is 2.14. The molecule has 1 fully saturated rings. The summed E-state index contributed by atoms with van der Waals surface area (Å²) in [5, 5.41) is 0. The van der Waals surface area contributed by atoms with Crippen molar-refractivity contribution in [3.63, 3.8) is 0 Å². The minimum absolute atomic E-state index is 0.0262. The van der Waals surface area contributed by atoms with Gasteiger partial charge in [-0.3, -0.25) is 4.79 Å². The van der Waals surface area contributed by atoms with Gasteiger partial charge < -0.3 is 4.90 Å². The summed E-state index contributed by atoms with van der Waals surface area (Å²) >= 11 is 0. The summed E-state index contributed by atoms with van der Waals surface area (Å²) in [6, 6.07) is 7.62. The molecule has 116 valence electrons. The van der Waals surface area contributed by atoms with E-state index in [9.17, 15) is 17.1 Å². The van der Waals surface area contributed by atoms with Crippen LogP contribution < -0.4 is 4.90 Å². The van der Waals surface area contributed by atoms with Crippen molar-refractivity contribution in [2.45, 2.75) is 32.6 Å². The third kappa shape index (κ3) is 4.03. The summed E-state index contributed by atoms with van der Waals surface area (Å²) < 4.78 is 34.1.